The van der Waals surface area contributed by atoms with E-state index in [0.717, 1.165) is 11.1 Å². The van der Waals surface area contributed by atoms with E-state index in [4.69, 9.17) is 14.2 Å². The number of carbonyl (C=O) groups excluding carboxylic acids is 2. The second-order valence-corrected chi connectivity index (χ2v) is 10.1. The molecule has 1 fully saturated rings. The number of hydrogen-bond donors (Lipinski definition) is 1. The Bertz CT molecular complexity index is 1180. The van der Waals surface area contributed by atoms with Gasteiger partial charge in [0.05, 0.1) is 25.8 Å². The molecule has 0 radical (unpaired) electrons. The van der Waals surface area contributed by atoms with Gasteiger partial charge >= 0.3 is 6.09 Å². The van der Waals surface area contributed by atoms with Crippen molar-refractivity contribution < 1.29 is 23.8 Å². The Morgan fingerprint density at radius 2 is 1.51 bits per heavy atom. The molecule has 0 saturated carbocycles. The summed E-state index contributed by atoms with van der Waals surface area (Å²) in [4.78, 5) is 28.0. The maximum Gasteiger partial charge on any atom is 0.407 e. The zero-order chi connectivity index (χ0) is 26.4. The molecule has 37 heavy (non-hydrogen) atoms. The number of nitrogens with one attached hydrogen (secondary N) is 1. The molecular formula is C30H34N2O5. The lowest BCUT2D eigenvalue weighted by atomic mass is 9.86. The number of hydrogen-bond acceptors (Lipinski definition) is 5. The van der Waals surface area contributed by atoms with E-state index in [9.17, 15) is 9.59 Å². The highest BCUT2D eigenvalue weighted by molar-refractivity contribution is 6.05. The number of amides is 2. The summed E-state index contributed by atoms with van der Waals surface area (Å²) in [6.45, 7) is 5.75. The highest BCUT2D eigenvalue weighted by Crippen LogP contribution is 2.35. The standard InChI is InChI=1S/C30H34N2O5/c1-30(2,3)37-29(34)31-25(19-21-11-7-5-8-12-21)26-27(36-20-22-13-9-6-10-14-22)28(33)32(26)23-15-17-24(35-4)18-16-23/h5-18,25-27H,19-20H2,1-4H3,(H,31,34)/t25-,26+,27-/m0/s1. The fourth-order valence-electron chi connectivity index (χ4n) is 4.43. The number of carbonyl (C=O) groups is 2. The summed E-state index contributed by atoms with van der Waals surface area (Å²) in [6, 6.07) is 26.0. The van der Waals surface area contributed by atoms with E-state index < -0.39 is 29.9 Å². The van der Waals surface area contributed by atoms with E-state index in [1.54, 1.807) is 12.0 Å². The predicted molar refractivity (Wildman–Crippen MR) is 143 cm³/mol. The number of alkyl carbamates (subject to hydrolysis) is 1. The van der Waals surface area contributed by atoms with Crippen molar-refractivity contribution in [3.8, 4) is 5.75 Å². The summed E-state index contributed by atoms with van der Waals surface area (Å²) >= 11 is 0. The first kappa shape index (κ1) is 26.2. The second-order valence-electron chi connectivity index (χ2n) is 10.1. The van der Waals surface area contributed by atoms with Gasteiger partial charge in [-0.1, -0.05) is 60.7 Å². The van der Waals surface area contributed by atoms with Gasteiger partial charge in [-0.3, -0.25) is 4.79 Å². The van der Waals surface area contributed by atoms with Gasteiger partial charge in [0.15, 0.2) is 6.10 Å². The average Bonchev–Trinajstić information content (AvgIpc) is 2.87. The minimum Gasteiger partial charge on any atom is -0.497 e. The van der Waals surface area contributed by atoms with Gasteiger partial charge in [0.25, 0.3) is 5.91 Å². The van der Waals surface area contributed by atoms with Crippen LogP contribution >= 0.6 is 0 Å². The Kier molecular flexibility index (Phi) is 8.14. The fourth-order valence-corrected chi connectivity index (χ4v) is 4.43. The lowest BCUT2D eigenvalue weighted by Crippen LogP contribution is -2.73. The summed E-state index contributed by atoms with van der Waals surface area (Å²) in [7, 11) is 1.60. The van der Waals surface area contributed by atoms with Crippen molar-refractivity contribution in [2.24, 2.45) is 0 Å². The van der Waals surface area contributed by atoms with Gasteiger partial charge in [-0.25, -0.2) is 4.79 Å². The molecule has 1 aliphatic rings. The van der Waals surface area contributed by atoms with E-state index >= 15 is 0 Å². The number of ether oxygens (including phenoxy) is 3. The van der Waals surface area contributed by atoms with Crippen LogP contribution in [0.3, 0.4) is 0 Å². The van der Waals surface area contributed by atoms with Gasteiger partial charge < -0.3 is 24.4 Å². The van der Waals surface area contributed by atoms with E-state index in [0.29, 0.717) is 17.9 Å². The molecule has 0 aliphatic carbocycles. The molecule has 1 aliphatic heterocycles. The Morgan fingerprint density at radius 1 is 0.919 bits per heavy atom. The summed E-state index contributed by atoms with van der Waals surface area (Å²) in [6.07, 6.45) is -0.772. The zero-order valence-electron chi connectivity index (χ0n) is 21.7. The number of methoxy groups -OCH3 is 1. The predicted octanol–water partition coefficient (Wildman–Crippen LogP) is 5.13. The molecule has 1 N–H and O–H groups in total. The van der Waals surface area contributed by atoms with Crippen LogP contribution in [-0.4, -0.2) is 42.9 Å². The Hall–Kier alpha value is -3.84. The van der Waals surface area contributed by atoms with Gasteiger partial charge in [-0.15, -0.1) is 0 Å². The number of β-lactam (4-membered cyclic amide) rings is 1. The normalized spacial score (nSPS) is 18.1. The molecule has 0 aromatic heterocycles. The first-order chi connectivity index (χ1) is 17.7. The highest BCUT2D eigenvalue weighted by Gasteiger charge is 2.53. The minimum absolute atomic E-state index is 0.157. The molecule has 194 valence electrons. The van der Waals surface area contributed by atoms with Gasteiger partial charge in [-0.2, -0.15) is 0 Å². The van der Waals surface area contributed by atoms with E-state index in [2.05, 4.69) is 5.32 Å². The fraction of sp³-hybridized carbons (Fsp3) is 0.333. The molecule has 2 amide bonds. The van der Waals surface area contributed by atoms with Gasteiger partial charge in [0.1, 0.15) is 11.4 Å². The van der Waals surface area contributed by atoms with Crippen LogP contribution in [0.4, 0.5) is 10.5 Å². The van der Waals surface area contributed by atoms with Crippen molar-refractivity contribution in [1.82, 2.24) is 5.32 Å². The molecule has 3 aromatic carbocycles. The van der Waals surface area contributed by atoms with Crippen LogP contribution in [0.1, 0.15) is 31.9 Å². The Morgan fingerprint density at radius 3 is 2.08 bits per heavy atom. The first-order valence-corrected chi connectivity index (χ1v) is 12.4. The van der Waals surface area contributed by atoms with Gasteiger partial charge in [0, 0.05) is 5.69 Å². The summed E-state index contributed by atoms with van der Waals surface area (Å²) in [5.41, 5.74) is 2.05. The third-order valence-electron chi connectivity index (χ3n) is 6.12. The van der Waals surface area contributed by atoms with Crippen LogP contribution < -0.4 is 15.0 Å². The first-order valence-electron chi connectivity index (χ1n) is 12.4. The quantitative estimate of drug-likeness (QED) is 0.411. The summed E-state index contributed by atoms with van der Waals surface area (Å²) in [5.74, 6) is 0.535. The van der Waals surface area contributed by atoms with Crippen molar-refractivity contribution in [2.45, 2.75) is 57.6 Å². The largest absolute Gasteiger partial charge is 0.497 e. The van der Waals surface area contributed by atoms with Crippen molar-refractivity contribution in [3.05, 3.63) is 96.1 Å². The second kappa shape index (κ2) is 11.5. The van der Waals surface area contributed by atoms with Gasteiger partial charge in [-0.05, 0) is 62.6 Å². The SMILES string of the molecule is COc1ccc(N2C(=O)[C@@H](OCc3ccccc3)[C@H]2[C@H](Cc2ccccc2)NC(=O)OC(C)(C)C)cc1. The Labute approximate surface area is 218 Å². The summed E-state index contributed by atoms with van der Waals surface area (Å²) < 4.78 is 17.0. The molecule has 7 nitrogen and oxygen atoms in total. The number of rotatable bonds is 9. The molecule has 3 atom stereocenters. The molecule has 1 heterocycles. The van der Waals surface area contributed by atoms with Crippen molar-refractivity contribution >= 4 is 17.7 Å². The van der Waals surface area contributed by atoms with E-state index in [1.807, 2.05) is 106 Å². The maximum atomic E-state index is 13.4. The molecule has 0 unspecified atom stereocenters. The van der Waals surface area contributed by atoms with Crippen molar-refractivity contribution in [2.75, 3.05) is 12.0 Å². The smallest absolute Gasteiger partial charge is 0.407 e. The van der Waals surface area contributed by atoms with Crippen LogP contribution in [0.5, 0.6) is 5.75 Å². The molecule has 7 heteroatoms. The van der Waals surface area contributed by atoms with Crippen LogP contribution in [0.25, 0.3) is 0 Å². The highest BCUT2D eigenvalue weighted by atomic mass is 16.6. The number of nitrogens with zero attached hydrogens (tertiary/aromatic N) is 1. The van der Waals surface area contributed by atoms with Crippen LogP contribution in [0.2, 0.25) is 0 Å². The number of anilines is 1. The van der Waals surface area contributed by atoms with Crippen molar-refractivity contribution in [1.29, 1.82) is 0 Å². The molecular weight excluding hydrogens is 468 g/mol. The lowest BCUT2D eigenvalue weighted by molar-refractivity contribution is -0.144. The van der Waals surface area contributed by atoms with Crippen molar-refractivity contribution in [3.63, 3.8) is 0 Å². The Balaban J connectivity index is 1.65. The monoisotopic (exact) mass is 502 g/mol. The van der Waals surface area contributed by atoms with Crippen LogP contribution in [-0.2, 0) is 27.3 Å². The van der Waals surface area contributed by atoms with Gasteiger partial charge in [0.2, 0.25) is 0 Å². The third-order valence-corrected chi connectivity index (χ3v) is 6.12. The average molecular weight is 503 g/mol. The minimum atomic E-state index is -0.731. The molecule has 4 rings (SSSR count). The topological polar surface area (TPSA) is 77.1 Å². The summed E-state index contributed by atoms with van der Waals surface area (Å²) in [5, 5.41) is 3.04. The molecule has 0 bridgehead atoms. The zero-order valence-corrected chi connectivity index (χ0v) is 21.7. The molecule has 0 spiro atoms. The van der Waals surface area contributed by atoms with E-state index in [-0.39, 0.29) is 12.5 Å². The van der Waals surface area contributed by atoms with Crippen LogP contribution in [0, 0.1) is 0 Å². The molecule has 1 saturated heterocycles. The van der Waals surface area contributed by atoms with E-state index in [1.165, 1.54) is 0 Å². The number of benzene rings is 3. The maximum absolute atomic E-state index is 13.4. The lowest BCUT2D eigenvalue weighted by Gasteiger charge is -2.50. The van der Waals surface area contributed by atoms with Crippen LogP contribution in [0.15, 0.2) is 84.9 Å². The molecule has 3 aromatic rings. The third kappa shape index (κ3) is 6.68.